The van der Waals surface area contributed by atoms with E-state index in [2.05, 4.69) is 30.4 Å². The lowest BCUT2D eigenvalue weighted by Gasteiger charge is -2.23. The number of benzene rings is 2. The summed E-state index contributed by atoms with van der Waals surface area (Å²) in [5, 5.41) is 2.26. The van der Waals surface area contributed by atoms with E-state index >= 15 is 0 Å². The second kappa shape index (κ2) is 4.09. The van der Waals surface area contributed by atoms with Crippen LogP contribution < -0.4 is 15.3 Å². The number of hydrogen-bond donors (Lipinski definition) is 0. The zero-order chi connectivity index (χ0) is 12.7. The predicted octanol–water partition coefficient (Wildman–Crippen LogP) is 1.94. The van der Waals surface area contributed by atoms with Crippen molar-refractivity contribution < 1.29 is 4.74 Å². The molecular formula is C17H13NO. The van der Waals surface area contributed by atoms with E-state index in [4.69, 9.17) is 9.73 Å². The standard InChI is InChI=1S/C17H13NO/c1-3-7-14-13(6-1)11-15(18-14)17-10-9-12-5-2-4-8-16(12)19-17/h1-11,15,17H. The molecule has 0 amide bonds. The third-order valence-corrected chi connectivity index (χ3v) is 3.56. The van der Waals surface area contributed by atoms with Gasteiger partial charge in [0, 0.05) is 5.56 Å². The fraction of sp³-hybridized carbons (Fsp3) is 0.118. The van der Waals surface area contributed by atoms with Crippen molar-refractivity contribution in [2.45, 2.75) is 12.1 Å². The van der Waals surface area contributed by atoms with Crippen molar-refractivity contribution in [2.75, 3.05) is 0 Å². The van der Waals surface area contributed by atoms with Gasteiger partial charge < -0.3 is 4.74 Å². The third kappa shape index (κ3) is 1.76. The van der Waals surface area contributed by atoms with Gasteiger partial charge in [-0.05, 0) is 29.5 Å². The van der Waals surface area contributed by atoms with Gasteiger partial charge in [-0.1, -0.05) is 42.5 Å². The van der Waals surface area contributed by atoms with E-state index in [0.29, 0.717) is 0 Å². The molecule has 0 aliphatic carbocycles. The van der Waals surface area contributed by atoms with Gasteiger partial charge in [-0.3, -0.25) is 4.99 Å². The molecular weight excluding hydrogens is 234 g/mol. The summed E-state index contributed by atoms with van der Waals surface area (Å²) >= 11 is 0. The van der Waals surface area contributed by atoms with Crippen molar-refractivity contribution in [2.24, 2.45) is 4.99 Å². The average molecular weight is 247 g/mol. The maximum atomic E-state index is 6.04. The Morgan fingerprint density at radius 1 is 0.947 bits per heavy atom. The van der Waals surface area contributed by atoms with Crippen LogP contribution in [0.5, 0.6) is 5.75 Å². The Balaban J connectivity index is 1.69. The molecule has 0 saturated carbocycles. The quantitative estimate of drug-likeness (QED) is 0.754. The van der Waals surface area contributed by atoms with E-state index in [1.807, 2.05) is 36.4 Å². The molecule has 0 radical (unpaired) electrons. The summed E-state index contributed by atoms with van der Waals surface area (Å²) in [5.74, 6) is 0.939. The first-order valence-electron chi connectivity index (χ1n) is 6.49. The van der Waals surface area contributed by atoms with Crippen molar-refractivity contribution in [1.29, 1.82) is 0 Å². The van der Waals surface area contributed by atoms with Gasteiger partial charge in [0.05, 0.1) is 5.36 Å². The molecule has 2 unspecified atom stereocenters. The predicted molar refractivity (Wildman–Crippen MR) is 75.4 cm³/mol. The van der Waals surface area contributed by atoms with Gasteiger partial charge in [0.15, 0.2) is 0 Å². The Hall–Kier alpha value is -2.35. The van der Waals surface area contributed by atoms with Crippen molar-refractivity contribution >= 4 is 12.2 Å². The van der Waals surface area contributed by atoms with E-state index in [1.54, 1.807) is 0 Å². The van der Waals surface area contributed by atoms with Gasteiger partial charge in [0.2, 0.25) is 0 Å². The largest absolute Gasteiger partial charge is 0.483 e. The normalized spacial score (nSPS) is 22.7. The number of hydrogen-bond acceptors (Lipinski definition) is 2. The molecule has 19 heavy (non-hydrogen) atoms. The molecule has 2 heterocycles. The first-order valence-corrected chi connectivity index (χ1v) is 6.49. The minimum Gasteiger partial charge on any atom is -0.483 e. The highest BCUT2D eigenvalue weighted by Gasteiger charge is 2.23. The highest BCUT2D eigenvalue weighted by molar-refractivity contribution is 5.60. The smallest absolute Gasteiger partial charge is 0.143 e. The molecule has 2 nitrogen and oxygen atoms in total. The monoisotopic (exact) mass is 247 g/mol. The Kier molecular flexibility index (Phi) is 2.27. The summed E-state index contributed by atoms with van der Waals surface area (Å²) in [6.07, 6.45) is 6.38. The topological polar surface area (TPSA) is 21.6 Å². The lowest BCUT2D eigenvalue weighted by Crippen LogP contribution is -2.28. The molecule has 0 saturated heterocycles. The molecule has 2 aromatic carbocycles. The van der Waals surface area contributed by atoms with Crippen LogP contribution in [0.4, 0.5) is 0 Å². The number of rotatable bonds is 1. The molecule has 2 heteroatoms. The van der Waals surface area contributed by atoms with Gasteiger partial charge in [0.1, 0.15) is 17.9 Å². The molecule has 0 fully saturated rings. The Morgan fingerprint density at radius 3 is 2.74 bits per heavy atom. The Labute approximate surface area is 111 Å². The van der Waals surface area contributed by atoms with Crippen LogP contribution in [0.1, 0.15) is 5.56 Å². The summed E-state index contributed by atoms with van der Waals surface area (Å²) in [6.45, 7) is 0. The van der Waals surface area contributed by atoms with Crippen LogP contribution in [0, 0.1) is 0 Å². The van der Waals surface area contributed by atoms with Gasteiger partial charge in [-0.15, -0.1) is 0 Å². The van der Waals surface area contributed by atoms with E-state index < -0.39 is 0 Å². The molecule has 2 aliphatic heterocycles. The number of ether oxygens (including phenoxy) is 1. The SMILES string of the molecule is C1=CC(C2C=c3ccccc3=N2)Oc2ccccc21. The highest BCUT2D eigenvalue weighted by atomic mass is 16.5. The minimum absolute atomic E-state index is 0.0118. The third-order valence-electron chi connectivity index (χ3n) is 3.56. The van der Waals surface area contributed by atoms with Crippen molar-refractivity contribution in [3.63, 3.8) is 0 Å². The number of fused-ring (bicyclic) bond motifs is 2. The molecule has 4 rings (SSSR count). The van der Waals surface area contributed by atoms with Gasteiger partial charge >= 0.3 is 0 Å². The van der Waals surface area contributed by atoms with Gasteiger partial charge in [0.25, 0.3) is 0 Å². The second-order valence-electron chi connectivity index (χ2n) is 4.82. The van der Waals surface area contributed by atoms with Crippen LogP contribution in [-0.2, 0) is 0 Å². The van der Waals surface area contributed by atoms with E-state index in [0.717, 1.165) is 16.7 Å². The molecule has 92 valence electrons. The molecule has 2 aromatic rings. The summed E-state index contributed by atoms with van der Waals surface area (Å²) in [7, 11) is 0. The fourth-order valence-corrected chi connectivity index (χ4v) is 2.59. The maximum Gasteiger partial charge on any atom is 0.143 e. The summed E-state index contributed by atoms with van der Waals surface area (Å²) in [5.41, 5.74) is 1.13. The lowest BCUT2D eigenvalue weighted by molar-refractivity contribution is 0.236. The van der Waals surface area contributed by atoms with Crippen LogP contribution in [0.3, 0.4) is 0 Å². The molecule has 0 N–H and O–H groups in total. The first-order chi connectivity index (χ1) is 9.40. The average Bonchev–Trinajstić information content (AvgIpc) is 2.90. The van der Waals surface area contributed by atoms with Crippen LogP contribution in [0.15, 0.2) is 59.6 Å². The van der Waals surface area contributed by atoms with Gasteiger partial charge in [-0.25, -0.2) is 0 Å². The summed E-state index contributed by atoms with van der Waals surface area (Å²) in [4.78, 5) is 4.72. The Morgan fingerprint density at radius 2 is 1.79 bits per heavy atom. The van der Waals surface area contributed by atoms with Crippen LogP contribution in [-0.4, -0.2) is 12.1 Å². The molecule has 0 aromatic heterocycles. The van der Waals surface area contributed by atoms with Crippen LogP contribution in [0.2, 0.25) is 0 Å². The second-order valence-corrected chi connectivity index (χ2v) is 4.82. The number of nitrogens with zero attached hydrogens (tertiary/aromatic N) is 1. The molecule has 0 spiro atoms. The van der Waals surface area contributed by atoms with E-state index in [9.17, 15) is 0 Å². The highest BCUT2D eigenvalue weighted by Crippen LogP contribution is 2.27. The van der Waals surface area contributed by atoms with Gasteiger partial charge in [-0.2, -0.15) is 0 Å². The maximum absolute atomic E-state index is 6.04. The molecule has 0 bridgehead atoms. The van der Waals surface area contributed by atoms with Crippen molar-refractivity contribution in [1.82, 2.24) is 0 Å². The fourth-order valence-electron chi connectivity index (χ4n) is 2.59. The lowest BCUT2D eigenvalue weighted by atomic mass is 10.1. The van der Waals surface area contributed by atoms with Crippen LogP contribution in [0.25, 0.3) is 12.2 Å². The van der Waals surface area contributed by atoms with Crippen molar-refractivity contribution in [3.8, 4) is 5.75 Å². The minimum atomic E-state index is -0.0118. The molecule has 2 aliphatic rings. The number of para-hydroxylation sites is 2. The van der Waals surface area contributed by atoms with Crippen molar-refractivity contribution in [3.05, 3.63) is 70.7 Å². The van der Waals surface area contributed by atoms with E-state index in [1.165, 1.54) is 5.22 Å². The zero-order valence-electron chi connectivity index (χ0n) is 10.4. The zero-order valence-corrected chi connectivity index (χ0v) is 10.4. The van der Waals surface area contributed by atoms with Crippen LogP contribution >= 0.6 is 0 Å². The summed E-state index contributed by atoms with van der Waals surface area (Å²) in [6, 6.07) is 16.4. The first kappa shape index (κ1) is 10.6. The molecule has 2 atom stereocenters. The Bertz CT molecular complexity index is 741. The van der Waals surface area contributed by atoms with E-state index in [-0.39, 0.29) is 12.1 Å². The summed E-state index contributed by atoms with van der Waals surface area (Å²) < 4.78 is 6.04.